The van der Waals surface area contributed by atoms with Crippen LogP contribution in [0, 0.1) is 0 Å². The molecule has 1 aromatic rings. The van der Waals surface area contributed by atoms with Gasteiger partial charge in [0.05, 0.1) is 6.54 Å². The minimum absolute atomic E-state index is 0. The van der Waals surface area contributed by atoms with Crippen molar-refractivity contribution in [3.63, 3.8) is 0 Å². The number of nitrogens with two attached hydrogens (primary N) is 1. The molecule has 0 aliphatic carbocycles. The van der Waals surface area contributed by atoms with Crippen molar-refractivity contribution in [3.8, 4) is 0 Å². The van der Waals surface area contributed by atoms with Gasteiger partial charge in [0.1, 0.15) is 5.01 Å². The molecule has 1 aromatic heterocycles. The van der Waals surface area contributed by atoms with E-state index in [0.717, 1.165) is 26.1 Å². The molecule has 0 amide bonds. The molecule has 0 radical (unpaired) electrons. The Kier molecular flexibility index (Phi) is 5.18. The predicted molar refractivity (Wildman–Crippen MR) is 71.3 cm³/mol. The quantitative estimate of drug-likeness (QED) is 0.907. The van der Waals surface area contributed by atoms with Crippen LogP contribution in [0.15, 0.2) is 6.20 Å². The Morgan fingerprint density at radius 3 is 2.88 bits per heavy atom. The van der Waals surface area contributed by atoms with Crippen LogP contribution >= 0.6 is 23.7 Å². The van der Waals surface area contributed by atoms with Gasteiger partial charge in [0, 0.05) is 30.2 Å². The number of hydrogen-bond donors (Lipinski definition) is 1. The van der Waals surface area contributed by atoms with Gasteiger partial charge in [-0.15, -0.1) is 23.7 Å². The lowest BCUT2D eigenvalue weighted by Gasteiger charge is -2.12. The van der Waals surface area contributed by atoms with Gasteiger partial charge in [-0.3, -0.25) is 4.90 Å². The number of nitrogens with zero attached hydrogens (tertiary/aromatic N) is 2. The molecule has 0 spiro atoms. The van der Waals surface area contributed by atoms with Gasteiger partial charge >= 0.3 is 0 Å². The molecule has 1 aliphatic heterocycles. The molecule has 1 fully saturated rings. The van der Waals surface area contributed by atoms with Gasteiger partial charge in [0.15, 0.2) is 0 Å². The van der Waals surface area contributed by atoms with E-state index >= 15 is 0 Å². The lowest BCUT2D eigenvalue weighted by atomic mass is 10.2. The van der Waals surface area contributed by atoms with Crippen molar-refractivity contribution < 1.29 is 0 Å². The zero-order valence-electron chi connectivity index (χ0n) is 9.85. The molecule has 3 nitrogen and oxygen atoms in total. The maximum absolute atomic E-state index is 5.87. The van der Waals surface area contributed by atoms with E-state index in [4.69, 9.17) is 5.73 Å². The SMILES string of the molecule is CC(C)c1cnc(CN2CC[C@@H](N)C2)s1.Cl. The fourth-order valence-corrected chi connectivity index (χ4v) is 2.83. The fourth-order valence-electron chi connectivity index (χ4n) is 1.86. The second-order valence-electron chi connectivity index (χ2n) is 4.59. The molecule has 2 N–H and O–H groups in total. The van der Waals surface area contributed by atoms with E-state index in [1.807, 2.05) is 17.5 Å². The van der Waals surface area contributed by atoms with Crippen molar-refractivity contribution in [1.82, 2.24) is 9.88 Å². The number of rotatable bonds is 3. The van der Waals surface area contributed by atoms with Crippen molar-refractivity contribution in [3.05, 3.63) is 16.1 Å². The first kappa shape index (κ1) is 13.9. The Balaban J connectivity index is 0.00000128. The van der Waals surface area contributed by atoms with Crippen LogP contribution in [-0.2, 0) is 6.54 Å². The Morgan fingerprint density at radius 2 is 2.38 bits per heavy atom. The summed E-state index contributed by atoms with van der Waals surface area (Å²) in [5.41, 5.74) is 5.87. The summed E-state index contributed by atoms with van der Waals surface area (Å²) in [5, 5.41) is 1.23. The van der Waals surface area contributed by atoms with E-state index in [0.29, 0.717) is 12.0 Å². The van der Waals surface area contributed by atoms with Crippen molar-refractivity contribution in [1.29, 1.82) is 0 Å². The molecule has 1 aliphatic rings. The zero-order chi connectivity index (χ0) is 10.8. The Morgan fingerprint density at radius 1 is 1.62 bits per heavy atom. The number of aromatic nitrogens is 1. The highest BCUT2D eigenvalue weighted by Crippen LogP contribution is 2.23. The fraction of sp³-hybridized carbons (Fsp3) is 0.727. The summed E-state index contributed by atoms with van der Waals surface area (Å²) in [6, 6.07) is 0.370. The van der Waals surface area contributed by atoms with Crippen molar-refractivity contribution in [2.45, 2.75) is 38.8 Å². The van der Waals surface area contributed by atoms with Gasteiger partial charge in [-0.25, -0.2) is 4.98 Å². The molecule has 1 saturated heterocycles. The highest BCUT2D eigenvalue weighted by molar-refractivity contribution is 7.11. The average molecular weight is 262 g/mol. The second-order valence-corrected chi connectivity index (χ2v) is 5.74. The number of likely N-dealkylation sites (tertiary alicyclic amines) is 1. The Hall–Kier alpha value is -0.160. The summed E-state index contributed by atoms with van der Waals surface area (Å²) in [6.07, 6.45) is 3.14. The van der Waals surface area contributed by atoms with Gasteiger partial charge in [0.25, 0.3) is 0 Å². The molecule has 16 heavy (non-hydrogen) atoms. The van der Waals surface area contributed by atoms with Crippen LogP contribution in [0.5, 0.6) is 0 Å². The highest BCUT2D eigenvalue weighted by Gasteiger charge is 2.20. The predicted octanol–water partition coefficient (Wildman–Crippen LogP) is 2.22. The summed E-state index contributed by atoms with van der Waals surface area (Å²) in [4.78, 5) is 8.24. The summed E-state index contributed by atoms with van der Waals surface area (Å²) >= 11 is 1.84. The van der Waals surface area contributed by atoms with E-state index in [9.17, 15) is 0 Å². The van der Waals surface area contributed by atoms with E-state index in [1.165, 1.54) is 9.88 Å². The molecule has 0 saturated carbocycles. The molecule has 1 atom stereocenters. The van der Waals surface area contributed by atoms with Crippen LogP contribution in [0.3, 0.4) is 0 Å². The number of hydrogen-bond acceptors (Lipinski definition) is 4. The highest BCUT2D eigenvalue weighted by atomic mass is 35.5. The topological polar surface area (TPSA) is 42.2 Å². The van der Waals surface area contributed by atoms with Crippen molar-refractivity contribution >= 4 is 23.7 Å². The minimum Gasteiger partial charge on any atom is -0.326 e. The van der Waals surface area contributed by atoms with Crippen LogP contribution in [0.1, 0.15) is 36.1 Å². The first-order valence-corrected chi connectivity index (χ1v) is 6.39. The third-order valence-corrected chi connectivity index (χ3v) is 4.09. The third-order valence-electron chi connectivity index (χ3n) is 2.81. The standard InChI is InChI=1S/C11H19N3S.ClH/c1-8(2)10-5-13-11(15-10)7-14-4-3-9(12)6-14;/h5,8-9H,3-4,6-7,12H2,1-2H3;1H/t9-;/m1./s1. The molecule has 5 heteroatoms. The van der Waals surface area contributed by atoms with Crippen molar-refractivity contribution in [2.75, 3.05) is 13.1 Å². The van der Waals surface area contributed by atoms with Crippen LogP contribution in [0.2, 0.25) is 0 Å². The van der Waals surface area contributed by atoms with E-state index in [2.05, 4.69) is 23.7 Å². The molecular weight excluding hydrogens is 242 g/mol. The summed E-state index contributed by atoms with van der Waals surface area (Å²) in [5.74, 6) is 0.595. The largest absolute Gasteiger partial charge is 0.326 e. The summed E-state index contributed by atoms with van der Waals surface area (Å²) in [6.45, 7) is 7.55. The average Bonchev–Trinajstić information content (AvgIpc) is 2.76. The molecule has 2 rings (SSSR count). The first-order valence-electron chi connectivity index (χ1n) is 5.57. The molecule has 2 heterocycles. The van der Waals surface area contributed by atoms with Gasteiger partial charge in [-0.05, 0) is 12.3 Å². The minimum atomic E-state index is 0. The maximum Gasteiger partial charge on any atom is 0.107 e. The summed E-state index contributed by atoms with van der Waals surface area (Å²) < 4.78 is 0. The lowest BCUT2D eigenvalue weighted by molar-refractivity contribution is 0.326. The monoisotopic (exact) mass is 261 g/mol. The third kappa shape index (κ3) is 3.42. The zero-order valence-corrected chi connectivity index (χ0v) is 11.5. The van der Waals surface area contributed by atoms with Crippen LogP contribution < -0.4 is 5.73 Å². The summed E-state index contributed by atoms with van der Waals surface area (Å²) in [7, 11) is 0. The molecule has 92 valence electrons. The molecule has 0 unspecified atom stereocenters. The Labute approximate surface area is 107 Å². The number of thiazole rings is 1. The van der Waals surface area contributed by atoms with E-state index < -0.39 is 0 Å². The Bertz CT molecular complexity index is 327. The van der Waals surface area contributed by atoms with E-state index in [-0.39, 0.29) is 12.4 Å². The number of halogens is 1. The van der Waals surface area contributed by atoms with Gasteiger partial charge in [-0.1, -0.05) is 13.8 Å². The molecule has 0 bridgehead atoms. The molecule has 0 aromatic carbocycles. The second kappa shape index (κ2) is 5.96. The van der Waals surface area contributed by atoms with Gasteiger partial charge in [0.2, 0.25) is 0 Å². The first-order chi connectivity index (χ1) is 7.15. The normalized spacial score (nSPS) is 21.4. The maximum atomic E-state index is 5.87. The van der Waals surface area contributed by atoms with Gasteiger partial charge in [-0.2, -0.15) is 0 Å². The molecular formula is C11H20ClN3S. The van der Waals surface area contributed by atoms with Crippen molar-refractivity contribution in [2.24, 2.45) is 5.73 Å². The van der Waals surface area contributed by atoms with Gasteiger partial charge < -0.3 is 5.73 Å². The lowest BCUT2D eigenvalue weighted by Crippen LogP contribution is -2.26. The van der Waals surface area contributed by atoms with Crippen LogP contribution in [-0.4, -0.2) is 29.0 Å². The van der Waals surface area contributed by atoms with Crippen LogP contribution in [0.4, 0.5) is 0 Å². The van der Waals surface area contributed by atoms with Crippen LogP contribution in [0.25, 0.3) is 0 Å². The van der Waals surface area contributed by atoms with E-state index in [1.54, 1.807) is 0 Å². The smallest absolute Gasteiger partial charge is 0.107 e.